The smallest absolute Gasteiger partial charge is 0.339 e. The maximum Gasteiger partial charge on any atom is 0.339 e. The van der Waals surface area contributed by atoms with Crippen molar-refractivity contribution in [2.75, 3.05) is 6.61 Å². The highest BCUT2D eigenvalue weighted by Crippen LogP contribution is 2.35. The molecule has 1 aromatic carbocycles. The fourth-order valence-corrected chi connectivity index (χ4v) is 3.86. The number of benzene rings is 1. The summed E-state index contributed by atoms with van der Waals surface area (Å²) in [5, 5.41) is 1.63. The molecule has 0 saturated carbocycles. The van der Waals surface area contributed by atoms with Crippen molar-refractivity contribution >= 4 is 59.3 Å². The van der Waals surface area contributed by atoms with Gasteiger partial charge in [0, 0.05) is 24.8 Å². The predicted octanol–water partition coefficient (Wildman–Crippen LogP) is 4.74. The van der Waals surface area contributed by atoms with Crippen LogP contribution in [-0.4, -0.2) is 12.6 Å². The number of carbonyl (C=O) groups excluding carboxylic acids is 1. The molecule has 0 radical (unpaired) electrons. The van der Waals surface area contributed by atoms with Gasteiger partial charge in [-0.1, -0.05) is 37.9 Å². The molecule has 0 atom stereocenters. The van der Waals surface area contributed by atoms with E-state index in [1.165, 1.54) is 0 Å². The maximum atomic E-state index is 11.9. The number of rotatable bonds is 3. The number of ether oxygens (including phenoxy) is 1. The molecule has 0 aliphatic carbocycles. The summed E-state index contributed by atoms with van der Waals surface area (Å²) in [7, 11) is 0. The second-order valence-electron chi connectivity index (χ2n) is 3.39. The third-order valence-corrected chi connectivity index (χ3v) is 4.90. The molecule has 17 heavy (non-hydrogen) atoms. The second kappa shape index (κ2) is 5.50. The van der Waals surface area contributed by atoms with Gasteiger partial charge in [-0.15, -0.1) is 11.3 Å². The number of halogens is 2. The highest BCUT2D eigenvalue weighted by atomic mass is 79.9. The summed E-state index contributed by atoms with van der Waals surface area (Å²) in [5.74, 6) is -0.240. The normalized spacial score (nSPS) is 10.8. The van der Waals surface area contributed by atoms with Crippen molar-refractivity contribution in [2.45, 2.75) is 12.3 Å². The van der Waals surface area contributed by atoms with Gasteiger partial charge in [0.15, 0.2) is 0 Å². The van der Waals surface area contributed by atoms with E-state index in [0.717, 1.165) is 19.4 Å². The van der Waals surface area contributed by atoms with Crippen LogP contribution in [0.4, 0.5) is 0 Å². The number of alkyl halides is 1. The first-order valence-corrected chi connectivity index (χ1v) is 7.84. The first-order valence-electron chi connectivity index (χ1n) is 5.11. The molecule has 90 valence electrons. The highest BCUT2D eigenvalue weighted by molar-refractivity contribution is 9.10. The topological polar surface area (TPSA) is 26.3 Å². The van der Waals surface area contributed by atoms with E-state index in [1.54, 1.807) is 11.3 Å². The van der Waals surface area contributed by atoms with E-state index in [1.807, 2.05) is 25.1 Å². The van der Waals surface area contributed by atoms with E-state index in [0.29, 0.717) is 17.5 Å². The average molecular weight is 378 g/mol. The Bertz CT molecular complexity index is 563. The van der Waals surface area contributed by atoms with Crippen molar-refractivity contribution in [3.63, 3.8) is 0 Å². The van der Waals surface area contributed by atoms with Crippen molar-refractivity contribution in [3.05, 3.63) is 33.1 Å². The lowest BCUT2D eigenvalue weighted by atomic mass is 10.1. The Morgan fingerprint density at radius 3 is 2.88 bits per heavy atom. The van der Waals surface area contributed by atoms with Gasteiger partial charge in [-0.3, -0.25) is 0 Å². The summed E-state index contributed by atoms with van der Waals surface area (Å²) in [5.41, 5.74) is 0.691. The summed E-state index contributed by atoms with van der Waals surface area (Å²) in [6.45, 7) is 2.21. The van der Waals surface area contributed by atoms with E-state index in [2.05, 4.69) is 31.9 Å². The van der Waals surface area contributed by atoms with Crippen LogP contribution in [0.25, 0.3) is 10.1 Å². The quantitative estimate of drug-likeness (QED) is 0.570. The molecule has 5 heteroatoms. The molecule has 0 bridgehead atoms. The van der Waals surface area contributed by atoms with Crippen LogP contribution >= 0.6 is 43.2 Å². The summed E-state index contributed by atoms with van der Waals surface area (Å²) < 4.78 is 7.21. The monoisotopic (exact) mass is 376 g/mol. The molecule has 0 fully saturated rings. The summed E-state index contributed by atoms with van der Waals surface area (Å²) in [4.78, 5) is 12.9. The van der Waals surface area contributed by atoms with Gasteiger partial charge in [0.2, 0.25) is 0 Å². The van der Waals surface area contributed by atoms with Crippen molar-refractivity contribution in [2.24, 2.45) is 0 Å². The Morgan fingerprint density at radius 1 is 1.47 bits per heavy atom. The van der Waals surface area contributed by atoms with E-state index in [-0.39, 0.29) is 5.97 Å². The fourth-order valence-electron chi connectivity index (χ4n) is 1.64. The number of hydrogen-bond acceptors (Lipinski definition) is 3. The van der Waals surface area contributed by atoms with E-state index in [9.17, 15) is 4.79 Å². The van der Waals surface area contributed by atoms with Crippen LogP contribution in [0.3, 0.4) is 0 Å². The zero-order chi connectivity index (χ0) is 12.4. The molecular weight excluding hydrogens is 368 g/mol. The van der Waals surface area contributed by atoms with Gasteiger partial charge in [0.25, 0.3) is 0 Å². The van der Waals surface area contributed by atoms with Gasteiger partial charge in [0.05, 0.1) is 12.2 Å². The summed E-state index contributed by atoms with van der Waals surface area (Å²) >= 11 is 8.46. The van der Waals surface area contributed by atoms with Crippen LogP contribution in [0.2, 0.25) is 0 Å². The van der Waals surface area contributed by atoms with Crippen molar-refractivity contribution in [1.29, 1.82) is 0 Å². The molecule has 2 aromatic rings. The number of fused-ring (bicyclic) bond motifs is 1. The summed E-state index contributed by atoms with van der Waals surface area (Å²) in [6.07, 6.45) is 0. The second-order valence-corrected chi connectivity index (χ2v) is 6.01. The lowest BCUT2D eigenvalue weighted by molar-refractivity contribution is 0.0528. The number of esters is 1. The zero-order valence-electron chi connectivity index (χ0n) is 9.13. The molecule has 0 spiro atoms. The van der Waals surface area contributed by atoms with Gasteiger partial charge in [-0.2, -0.15) is 0 Å². The molecule has 0 aliphatic heterocycles. The van der Waals surface area contributed by atoms with Crippen LogP contribution in [-0.2, 0) is 10.1 Å². The summed E-state index contributed by atoms with van der Waals surface area (Å²) in [6, 6.07) is 5.92. The third-order valence-electron chi connectivity index (χ3n) is 2.33. The highest BCUT2D eigenvalue weighted by Gasteiger charge is 2.19. The van der Waals surface area contributed by atoms with E-state index < -0.39 is 0 Å². The van der Waals surface area contributed by atoms with Crippen LogP contribution in [0.15, 0.2) is 22.7 Å². The van der Waals surface area contributed by atoms with Crippen LogP contribution in [0.1, 0.15) is 22.2 Å². The molecule has 0 unspecified atom stereocenters. The largest absolute Gasteiger partial charge is 0.462 e. The molecule has 0 N–H and O–H groups in total. The predicted molar refractivity (Wildman–Crippen MR) is 78.1 cm³/mol. The van der Waals surface area contributed by atoms with Gasteiger partial charge < -0.3 is 4.74 Å². The van der Waals surface area contributed by atoms with Crippen molar-refractivity contribution < 1.29 is 9.53 Å². The Hall–Kier alpha value is -0.390. The van der Waals surface area contributed by atoms with Crippen LogP contribution < -0.4 is 0 Å². The molecule has 1 heterocycles. The van der Waals surface area contributed by atoms with Crippen molar-refractivity contribution in [1.82, 2.24) is 0 Å². The lowest BCUT2D eigenvalue weighted by Gasteiger charge is -2.02. The van der Waals surface area contributed by atoms with Crippen molar-refractivity contribution in [3.8, 4) is 0 Å². The SMILES string of the molecule is CCOC(=O)c1c(CBr)sc2cc(Br)ccc12. The van der Waals surface area contributed by atoms with Gasteiger partial charge in [-0.05, 0) is 19.1 Å². The van der Waals surface area contributed by atoms with Gasteiger partial charge in [0.1, 0.15) is 0 Å². The Balaban J connectivity index is 2.62. The Labute approximate surface area is 120 Å². The molecule has 2 nitrogen and oxygen atoms in total. The average Bonchev–Trinajstić information content (AvgIpc) is 2.66. The molecule has 1 aromatic heterocycles. The van der Waals surface area contributed by atoms with E-state index >= 15 is 0 Å². The lowest BCUT2D eigenvalue weighted by Crippen LogP contribution is -2.05. The van der Waals surface area contributed by atoms with E-state index in [4.69, 9.17) is 4.74 Å². The molecular formula is C12H10Br2O2S. The fraction of sp³-hybridized carbons (Fsp3) is 0.250. The minimum Gasteiger partial charge on any atom is -0.462 e. The number of thiophene rings is 1. The Morgan fingerprint density at radius 2 is 2.24 bits per heavy atom. The first kappa shape index (κ1) is 13.1. The number of carbonyl (C=O) groups is 1. The molecule has 0 aliphatic rings. The van der Waals surface area contributed by atoms with Crippen LogP contribution in [0.5, 0.6) is 0 Å². The zero-order valence-corrected chi connectivity index (χ0v) is 13.1. The minimum absolute atomic E-state index is 0.240. The van der Waals surface area contributed by atoms with Gasteiger partial charge >= 0.3 is 5.97 Å². The standard InChI is InChI=1S/C12H10Br2O2S/c1-2-16-12(15)11-8-4-3-7(14)5-9(8)17-10(11)6-13/h3-5H,2,6H2,1H3. The van der Waals surface area contributed by atoms with Crippen LogP contribution in [0, 0.1) is 0 Å². The Kier molecular flexibility index (Phi) is 4.22. The molecule has 0 saturated heterocycles. The minimum atomic E-state index is -0.240. The first-order chi connectivity index (χ1) is 8.17. The molecule has 2 rings (SSSR count). The van der Waals surface area contributed by atoms with Gasteiger partial charge in [-0.25, -0.2) is 4.79 Å². The number of hydrogen-bond donors (Lipinski definition) is 0. The third kappa shape index (κ3) is 2.56. The maximum absolute atomic E-state index is 11.9. The molecule has 0 amide bonds.